The molecule has 1 aliphatic heterocycles. The summed E-state index contributed by atoms with van der Waals surface area (Å²) in [7, 11) is 0. The van der Waals surface area contributed by atoms with E-state index in [0.717, 1.165) is 12.3 Å². The van der Waals surface area contributed by atoms with Crippen molar-refractivity contribution in [2.45, 2.75) is 22.8 Å². The van der Waals surface area contributed by atoms with E-state index in [-0.39, 0.29) is 0 Å². The zero-order chi connectivity index (χ0) is 15.1. The van der Waals surface area contributed by atoms with Crippen molar-refractivity contribution in [2.75, 3.05) is 6.61 Å². The van der Waals surface area contributed by atoms with E-state index >= 15 is 0 Å². The number of carboxylic acids is 1. The summed E-state index contributed by atoms with van der Waals surface area (Å²) < 4.78 is 5.83. The smallest absolute Gasteiger partial charge is 0.359 e. The highest BCUT2D eigenvalue weighted by atomic mass is 79.9. The Morgan fingerprint density at radius 1 is 1.55 bits per heavy atom. The van der Waals surface area contributed by atoms with Crippen LogP contribution in [-0.2, 0) is 15.3 Å². The van der Waals surface area contributed by atoms with Gasteiger partial charge in [0.05, 0.1) is 6.61 Å². The molecular formula is C10H11BrN2O7. The predicted octanol–water partition coefficient (Wildman–Crippen LogP) is -2.21. The number of carboxylic acid groups (broad SMARTS) is 1. The molecule has 20 heavy (non-hydrogen) atoms. The molecule has 0 aliphatic carbocycles. The number of nitrogens with zero attached hydrogens (tertiary/aromatic N) is 1. The van der Waals surface area contributed by atoms with E-state index in [4.69, 9.17) is 9.84 Å². The van der Waals surface area contributed by atoms with Crippen LogP contribution in [0.1, 0.15) is 0 Å². The van der Waals surface area contributed by atoms with Gasteiger partial charge in [0.1, 0.15) is 17.0 Å². The van der Waals surface area contributed by atoms with Crippen LogP contribution in [0.2, 0.25) is 0 Å². The number of aromatic nitrogens is 2. The van der Waals surface area contributed by atoms with Gasteiger partial charge in [0.2, 0.25) is 0 Å². The number of aliphatic hydroxyl groups excluding tert-OH is 2. The number of H-pyrrole nitrogens is 1. The summed E-state index contributed by atoms with van der Waals surface area (Å²) in [5.41, 5.74) is -3.97. The summed E-state index contributed by atoms with van der Waals surface area (Å²) in [5, 5.41) is 28.4. The third-order valence-electron chi connectivity index (χ3n) is 3.05. The van der Waals surface area contributed by atoms with Crippen LogP contribution in [0, 0.1) is 0 Å². The molecule has 0 spiro atoms. The molecule has 4 N–H and O–H groups in total. The van der Waals surface area contributed by atoms with Gasteiger partial charge in [0, 0.05) is 12.3 Å². The number of hydrogen-bond donors (Lipinski definition) is 4. The first-order valence-corrected chi connectivity index (χ1v) is 6.43. The van der Waals surface area contributed by atoms with E-state index in [1.54, 1.807) is 0 Å². The average Bonchev–Trinajstić information content (AvgIpc) is 2.64. The monoisotopic (exact) mass is 350 g/mol. The van der Waals surface area contributed by atoms with Crippen LogP contribution in [0.4, 0.5) is 0 Å². The number of alkyl halides is 1. The highest BCUT2D eigenvalue weighted by Crippen LogP contribution is 2.39. The summed E-state index contributed by atoms with van der Waals surface area (Å²) >= 11 is 2.98. The fourth-order valence-electron chi connectivity index (χ4n) is 2.07. The second-order valence-corrected chi connectivity index (χ2v) is 5.20. The van der Waals surface area contributed by atoms with Crippen molar-refractivity contribution in [3.8, 4) is 0 Å². The lowest BCUT2D eigenvalue weighted by molar-refractivity contribution is -0.181. The Balaban J connectivity index is 2.65. The largest absolute Gasteiger partial charge is 0.478 e. The number of rotatable bonds is 3. The fourth-order valence-corrected chi connectivity index (χ4v) is 2.94. The van der Waals surface area contributed by atoms with Crippen molar-refractivity contribution in [3.05, 3.63) is 33.1 Å². The second kappa shape index (κ2) is 5.13. The maximum atomic E-state index is 11.8. The molecule has 4 atom stereocenters. The topological polar surface area (TPSA) is 142 Å². The average molecular weight is 351 g/mol. The molecule has 1 aliphatic rings. The normalized spacial score (nSPS) is 33.2. The first-order valence-electron chi connectivity index (χ1n) is 5.51. The quantitative estimate of drug-likeness (QED) is 0.452. The van der Waals surface area contributed by atoms with Crippen molar-refractivity contribution >= 4 is 21.9 Å². The number of nitrogens with one attached hydrogen (secondary N) is 1. The van der Waals surface area contributed by atoms with Gasteiger partial charge < -0.3 is 20.1 Å². The van der Waals surface area contributed by atoms with Crippen LogP contribution in [0.25, 0.3) is 0 Å². The first-order chi connectivity index (χ1) is 9.34. The van der Waals surface area contributed by atoms with Crippen molar-refractivity contribution in [1.82, 2.24) is 9.55 Å². The molecule has 1 aromatic heterocycles. The SMILES string of the molecule is O=C(O)[C@@]1(n2ccc(=O)[nH]c2=O)O[C@H](CO)[C@@H](O)[C@H]1Br. The molecule has 1 aromatic rings. The highest BCUT2D eigenvalue weighted by molar-refractivity contribution is 9.09. The molecule has 9 nitrogen and oxygen atoms in total. The molecule has 1 saturated heterocycles. The molecule has 0 unspecified atom stereocenters. The van der Waals surface area contributed by atoms with Gasteiger partial charge in [-0.1, -0.05) is 15.9 Å². The van der Waals surface area contributed by atoms with Gasteiger partial charge >= 0.3 is 11.7 Å². The van der Waals surface area contributed by atoms with Crippen LogP contribution >= 0.6 is 15.9 Å². The number of carbonyl (C=O) groups is 1. The van der Waals surface area contributed by atoms with Crippen molar-refractivity contribution < 1.29 is 24.9 Å². The van der Waals surface area contributed by atoms with Crippen molar-refractivity contribution in [3.63, 3.8) is 0 Å². The number of ether oxygens (including phenoxy) is 1. The molecular weight excluding hydrogens is 340 g/mol. The lowest BCUT2D eigenvalue weighted by Crippen LogP contribution is -2.54. The first kappa shape index (κ1) is 14.9. The van der Waals surface area contributed by atoms with Crippen molar-refractivity contribution in [1.29, 1.82) is 0 Å². The van der Waals surface area contributed by atoms with Gasteiger partial charge in [-0.2, -0.15) is 0 Å². The molecule has 2 rings (SSSR count). The molecule has 0 aromatic carbocycles. The molecule has 0 saturated carbocycles. The maximum absolute atomic E-state index is 11.8. The van der Waals surface area contributed by atoms with Crippen LogP contribution in [-0.4, -0.2) is 54.5 Å². The van der Waals surface area contributed by atoms with Gasteiger partial charge in [0.25, 0.3) is 11.3 Å². The van der Waals surface area contributed by atoms with Gasteiger partial charge in [0.15, 0.2) is 0 Å². The number of aliphatic carboxylic acids is 1. The van der Waals surface area contributed by atoms with E-state index < -0.39 is 46.6 Å². The molecule has 0 bridgehead atoms. The zero-order valence-electron chi connectivity index (χ0n) is 9.89. The van der Waals surface area contributed by atoms with Crippen molar-refractivity contribution in [2.24, 2.45) is 0 Å². The third kappa shape index (κ3) is 2.00. The van der Waals surface area contributed by atoms with Gasteiger partial charge in [-0.25, -0.2) is 9.59 Å². The summed E-state index contributed by atoms with van der Waals surface area (Å²) in [6.07, 6.45) is -1.58. The van der Waals surface area contributed by atoms with Crippen LogP contribution in [0.3, 0.4) is 0 Å². The highest BCUT2D eigenvalue weighted by Gasteiger charge is 2.60. The van der Waals surface area contributed by atoms with Gasteiger partial charge in [-0.3, -0.25) is 14.3 Å². The molecule has 0 radical (unpaired) electrons. The Bertz CT molecular complexity index is 641. The minimum absolute atomic E-state index is 0.629. The number of aliphatic hydroxyl groups is 2. The van der Waals surface area contributed by atoms with Gasteiger partial charge in [-0.05, 0) is 0 Å². The lowest BCUT2D eigenvalue weighted by Gasteiger charge is -2.28. The van der Waals surface area contributed by atoms with E-state index in [0.29, 0.717) is 4.57 Å². The Hall–Kier alpha value is -1.49. The second-order valence-electron chi connectivity index (χ2n) is 4.21. The molecule has 0 amide bonds. The Morgan fingerprint density at radius 3 is 2.65 bits per heavy atom. The Labute approximate surface area is 119 Å². The predicted molar refractivity (Wildman–Crippen MR) is 67.6 cm³/mol. The lowest BCUT2D eigenvalue weighted by atomic mass is 10.1. The minimum Gasteiger partial charge on any atom is -0.478 e. The Morgan fingerprint density at radius 2 is 2.20 bits per heavy atom. The molecule has 1 fully saturated rings. The van der Waals surface area contributed by atoms with E-state index in [9.17, 15) is 24.6 Å². The number of hydrogen-bond acceptors (Lipinski definition) is 6. The van der Waals surface area contributed by atoms with Gasteiger partial charge in [-0.15, -0.1) is 0 Å². The zero-order valence-corrected chi connectivity index (χ0v) is 11.5. The molecule has 110 valence electrons. The minimum atomic E-state index is -2.27. The third-order valence-corrected chi connectivity index (χ3v) is 4.22. The summed E-state index contributed by atoms with van der Waals surface area (Å²) in [6.45, 7) is -0.629. The van der Waals surface area contributed by atoms with E-state index in [1.807, 2.05) is 4.98 Å². The number of aromatic amines is 1. The number of halogens is 1. The standard InChI is InChI=1S/C10H11BrN2O7/c11-7-6(16)4(3-14)20-10(7,8(17)18)13-2-1-5(15)12-9(13)19/h1-2,4,6-7,14,16H,3H2,(H,17,18)(H,12,15,19)/t4-,6-,7-,10+/m1/s1. The van der Waals surface area contributed by atoms with E-state index in [1.165, 1.54) is 0 Å². The Kier molecular flexibility index (Phi) is 3.82. The van der Waals surface area contributed by atoms with Crippen LogP contribution < -0.4 is 11.2 Å². The fraction of sp³-hybridized carbons (Fsp3) is 0.500. The van der Waals surface area contributed by atoms with E-state index in [2.05, 4.69) is 15.9 Å². The van der Waals surface area contributed by atoms with Crippen LogP contribution in [0.15, 0.2) is 21.9 Å². The summed E-state index contributed by atoms with van der Waals surface area (Å²) in [6, 6.07) is 0.952. The molecule has 10 heteroatoms. The van der Waals surface area contributed by atoms with Crippen LogP contribution in [0.5, 0.6) is 0 Å². The molecule has 2 heterocycles. The summed E-state index contributed by atoms with van der Waals surface area (Å²) in [4.78, 5) is 35.1. The summed E-state index contributed by atoms with van der Waals surface area (Å²) in [5.74, 6) is -1.55. The maximum Gasteiger partial charge on any atom is 0.359 e.